The van der Waals surface area contributed by atoms with Gasteiger partial charge in [0.2, 0.25) is 0 Å². The highest BCUT2D eigenvalue weighted by Gasteiger charge is 2.20. The fourth-order valence-electron chi connectivity index (χ4n) is 4.06. The first-order valence-electron chi connectivity index (χ1n) is 11.4. The Bertz CT molecular complexity index is 689. The molecule has 1 aromatic carbocycles. The van der Waals surface area contributed by atoms with Gasteiger partial charge in [-0.3, -0.25) is 9.89 Å². The fraction of sp³-hybridized carbons (Fsp3) is 0.696. The van der Waals surface area contributed by atoms with Crippen molar-refractivity contribution in [3.63, 3.8) is 0 Å². The molecular weight excluding hydrogens is 399 g/mol. The van der Waals surface area contributed by atoms with Crippen LogP contribution in [-0.4, -0.2) is 76.6 Å². The molecule has 0 amide bonds. The maximum atomic E-state index is 13.9. The number of methoxy groups -OCH3 is 1. The molecule has 0 aliphatic carbocycles. The van der Waals surface area contributed by atoms with Crippen molar-refractivity contribution in [3.8, 4) is 5.75 Å². The number of hydrogen-bond donors (Lipinski definition) is 2. The van der Waals surface area contributed by atoms with Crippen molar-refractivity contribution < 1.29 is 18.6 Å². The monoisotopic (exact) mass is 436 g/mol. The van der Waals surface area contributed by atoms with Gasteiger partial charge in [0.25, 0.3) is 0 Å². The van der Waals surface area contributed by atoms with E-state index in [2.05, 4.69) is 20.5 Å². The second-order valence-corrected chi connectivity index (χ2v) is 8.20. The Morgan fingerprint density at radius 1 is 1.23 bits per heavy atom. The Morgan fingerprint density at radius 3 is 2.68 bits per heavy atom. The molecule has 2 heterocycles. The molecule has 2 aliphatic rings. The Labute approximate surface area is 185 Å². The summed E-state index contributed by atoms with van der Waals surface area (Å²) in [5, 5.41) is 6.92. The average Bonchev–Trinajstić information content (AvgIpc) is 2.80. The normalized spacial score (nSPS) is 19.4. The number of piperidine rings is 1. The van der Waals surface area contributed by atoms with E-state index in [0.717, 1.165) is 89.6 Å². The summed E-state index contributed by atoms with van der Waals surface area (Å²) in [5.41, 5.74) is 0.977. The molecule has 2 saturated heterocycles. The third-order valence-corrected chi connectivity index (χ3v) is 5.91. The van der Waals surface area contributed by atoms with Gasteiger partial charge >= 0.3 is 0 Å². The lowest BCUT2D eigenvalue weighted by atomic mass is 10.0. The number of guanidine groups is 1. The summed E-state index contributed by atoms with van der Waals surface area (Å²) in [4.78, 5) is 6.72. The summed E-state index contributed by atoms with van der Waals surface area (Å²) < 4.78 is 30.2. The summed E-state index contributed by atoms with van der Waals surface area (Å²) in [6, 6.07) is 5.60. The minimum absolute atomic E-state index is 0.292. The molecule has 0 spiro atoms. The Balaban J connectivity index is 1.30. The van der Waals surface area contributed by atoms with Crippen LogP contribution in [0.2, 0.25) is 0 Å². The number of rotatable bonds is 9. The van der Waals surface area contributed by atoms with E-state index in [1.54, 1.807) is 19.2 Å². The van der Waals surface area contributed by atoms with Crippen LogP contribution in [0.25, 0.3) is 0 Å². The minimum Gasteiger partial charge on any atom is -0.494 e. The first kappa shape index (κ1) is 23.8. The standard InChI is InChI=1S/C23H37FN4O3/c1-25-23(26-10-3-13-31-20-8-14-30-15-9-20)27-19-6-11-28(12-7-19)17-18-4-5-22(29-2)21(24)16-18/h4-5,16,19-20H,3,6-15,17H2,1-2H3,(H2,25,26,27). The van der Waals surface area contributed by atoms with Crippen molar-refractivity contribution in [1.82, 2.24) is 15.5 Å². The summed E-state index contributed by atoms with van der Waals surface area (Å²) in [5.74, 6) is 0.840. The summed E-state index contributed by atoms with van der Waals surface area (Å²) >= 11 is 0. The van der Waals surface area contributed by atoms with Crippen LogP contribution in [-0.2, 0) is 16.0 Å². The zero-order chi connectivity index (χ0) is 21.9. The molecule has 2 fully saturated rings. The second kappa shape index (κ2) is 12.8. The molecule has 31 heavy (non-hydrogen) atoms. The number of hydrogen-bond acceptors (Lipinski definition) is 5. The Kier molecular flexibility index (Phi) is 9.84. The Morgan fingerprint density at radius 2 is 2.00 bits per heavy atom. The molecule has 0 bridgehead atoms. The van der Waals surface area contributed by atoms with E-state index in [1.165, 1.54) is 7.11 Å². The van der Waals surface area contributed by atoms with Crippen LogP contribution in [0, 0.1) is 5.82 Å². The van der Waals surface area contributed by atoms with Gasteiger partial charge in [0.1, 0.15) is 0 Å². The maximum Gasteiger partial charge on any atom is 0.191 e. The van der Waals surface area contributed by atoms with Crippen LogP contribution in [0.5, 0.6) is 5.75 Å². The van der Waals surface area contributed by atoms with Gasteiger partial charge in [-0.1, -0.05) is 6.07 Å². The molecule has 8 heteroatoms. The van der Waals surface area contributed by atoms with E-state index >= 15 is 0 Å². The molecule has 0 radical (unpaired) electrons. The third kappa shape index (κ3) is 7.94. The number of aliphatic imine (C=N–C) groups is 1. The molecule has 174 valence electrons. The van der Waals surface area contributed by atoms with Gasteiger partial charge in [0.15, 0.2) is 17.5 Å². The van der Waals surface area contributed by atoms with E-state index in [0.29, 0.717) is 17.9 Å². The van der Waals surface area contributed by atoms with E-state index in [4.69, 9.17) is 14.2 Å². The number of benzene rings is 1. The quantitative estimate of drug-likeness (QED) is 0.352. The molecule has 2 N–H and O–H groups in total. The Hall–Kier alpha value is -1.90. The lowest BCUT2D eigenvalue weighted by Gasteiger charge is -2.33. The van der Waals surface area contributed by atoms with Crippen molar-refractivity contribution in [1.29, 1.82) is 0 Å². The summed E-state index contributed by atoms with van der Waals surface area (Å²) in [6.07, 6.45) is 5.38. The lowest BCUT2D eigenvalue weighted by Crippen LogP contribution is -2.48. The maximum absolute atomic E-state index is 13.9. The molecule has 1 aromatic rings. The molecule has 0 atom stereocenters. The third-order valence-electron chi connectivity index (χ3n) is 5.91. The van der Waals surface area contributed by atoms with E-state index in [9.17, 15) is 4.39 Å². The van der Waals surface area contributed by atoms with Gasteiger partial charge in [-0.15, -0.1) is 0 Å². The molecule has 3 rings (SSSR count). The highest BCUT2D eigenvalue weighted by Crippen LogP contribution is 2.20. The molecule has 0 saturated carbocycles. The molecule has 0 aromatic heterocycles. The van der Waals surface area contributed by atoms with Crippen LogP contribution in [0.1, 0.15) is 37.7 Å². The molecular formula is C23H37FN4O3. The van der Waals surface area contributed by atoms with Crippen molar-refractivity contribution >= 4 is 5.96 Å². The highest BCUT2D eigenvalue weighted by atomic mass is 19.1. The zero-order valence-corrected chi connectivity index (χ0v) is 18.9. The fourth-order valence-corrected chi connectivity index (χ4v) is 4.06. The first-order valence-corrected chi connectivity index (χ1v) is 11.4. The number of nitrogens with one attached hydrogen (secondary N) is 2. The number of nitrogens with zero attached hydrogens (tertiary/aromatic N) is 2. The predicted molar refractivity (Wildman–Crippen MR) is 120 cm³/mol. The molecule has 7 nitrogen and oxygen atoms in total. The number of halogens is 1. The van der Waals surface area contributed by atoms with E-state index in [1.807, 2.05) is 6.07 Å². The van der Waals surface area contributed by atoms with Crippen LogP contribution in [0.4, 0.5) is 4.39 Å². The van der Waals surface area contributed by atoms with Crippen molar-refractivity contribution in [3.05, 3.63) is 29.6 Å². The SMILES string of the molecule is CN=C(NCCCOC1CCOCC1)NC1CCN(Cc2ccc(OC)c(F)c2)CC1. The van der Waals surface area contributed by atoms with Crippen LogP contribution in [0.15, 0.2) is 23.2 Å². The van der Waals surface area contributed by atoms with Gasteiger partial charge in [-0.2, -0.15) is 0 Å². The van der Waals surface area contributed by atoms with E-state index < -0.39 is 0 Å². The lowest BCUT2D eigenvalue weighted by molar-refractivity contribution is -0.0320. The topological polar surface area (TPSA) is 67.4 Å². The van der Waals surface area contributed by atoms with Gasteiger partial charge < -0.3 is 24.8 Å². The minimum atomic E-state index is -0.301. The van der Waals surface area contributed by atoms with Gasteiger partial charge in [-0.05, 0) is 49.8 Å². The predicted octanol–water partition coefficient (Wildman–Crippen LogP) is 2.55. The zero-order valence-electron chi connectivity index (χ0n) is 18.9. The second-order valence-electron chi connectivity index (χ2n) is 8.20. The van der Waals surface area contributed by atoms with Crippen molar-refractivity contribution in [2.45, 2.75) is 50.8 Å². The van der Waals surface area contributed by atoms with E-state index in [-0.39, 0.29) is 5.82 Å². The smallest absolute Gasteiger partial charge is 0.191 e. The van der Waals surface area contributed by atoms with Gasteiger partial charge in [0.05, 0.1) is 13.2 Å². The van der Waals surface area contributed by atoms with Crippen LogP contribution in [0.3, 0.4) is 0 Å². The molecule has 2 aliphatic heterocycles. The first-order chi connectivity index (χ1) is 15.2. The van der Waals surface area contributed by atoms with Crippen molar-refractivity contribution in [2.24, 2.45) is 4.99 Å². The van der Waals surface area contributed by atoms with Gasteiger partial charge in [0, 0.05) is 59.1 Å². The highest BCUT2D eigenvalue weighted by molar-refractivity contribution is 5.79. The summed E-state index contributed by atoms with van der Waals surface area (Å²) in [6.45, 7) is 5.94. The van der Waals surface area contributed by atoms with Crippen molar-refractivity contribution in [2.75, 3.05) is 53.6 Å². The number of likely N-dealkylation sites (tertiary alicyclic amines) is 1. The average molecular weight is 437 g/mol. The van der Waals surface area contributed by atoms with Crippen LogP contribution < -0.4 is 15.4 Å². The largest absolute Gasteiger partial charge is 0.494 e. The van der Waals surface area contributed by atoms with Gasteiger partial charge in [-0.25, -0.2) is 4.39 Å². The summed E-state index contributed by atoms with van der Waals surface area (Å²) in [7, 11) is 3.29. The molecule has 0 unspecified atom stereocenters. The number of ether oxygens (including phenoxy) is 3. The van der Waals surface area contributed by atoms with Crippen LogP contribution >= 0.6 is 0 Å².